The van der Waals surface area contributed by atoms with Crippen LogP contribution in [0.25, 0.3) is 0 Å². The van der Waals surface area contributed by atoms with Gasteiger partial charge in [0.1, 0.15) is 0 Å². The number of benzene rings is 2. The smallest absolute Gasteiger partial charge is 0.319 e. The predicted molar refractivity (Wildman–Crippen MR) is 116 cm³/mol. The Hall–Kier alpha value is -2.18. The summed E-state index contributed by atoms with van der Waals surface area (Å²) in [7, 11) is 0. The second-order valence-corrected chi connectivity index (χ2v) is 8.34. The van der Waals surface area contributed by atoms with E-state index in [0.29, 0.717) is 17.1 Å². The van der Waals surface area contributed by atoms with Gasteiger partial charge in [-0.15, -0.1) is 0 Å². The van der Waals surface area contributed by atoms with Gasteiger partial charge in [-0.1, -0.05) is 41.9 Å². The molecule has 0 radical (unpaired) electrons. The molecule has 1 aliphatic rings. The molecule has 1 heterocycles. The van der Waals surface area contributed by atoms with Gasteiger partial charge in [-0.3, -0.25) is 4.79 Å². The lowest BCUT2D eigenvalue weighted by Crippen LogP contribution is -2.38. The standard InChI is InChI=1S/C21H24ClN3O2S/c1-15(18-4-2-3-5-19(18)22)23-21(27)24-17-8-6-16(7-9-17)14-20(26)25-10-12-28-13-11-25/h2-9,15H,10-14H2,1H3,(H2,23,24,27). The summed E-state index contributed by atoms with van der Waals surface area (Å²) in [6, 6.07) is 14.3. The highest BCUT2D eigenvalue weighted by Gasteiger charge is 2.17. The molecular weight excluding hydrogens is 394 g/mol. The van der Waals surface area contributed by atoms with Gasteiger partial charge in [-0.2, -0.15) is 11.8 Å². The molecule has 1 aliphatic heterocycles. The Balaban J connectivity index is 1.51. The number of nitrogens with one attached hydrogen (secondary N) is 2. The zero-order chi connectivity index (χ0) is 19.9. The lowest BCUT2D eigenvalue weighted by molar-refractivity contribution is -0.130. The number of hydrogen-bond acceptors (Lipinski definition) is 3. The SMILES string of the molecule is CC(NC(=O)Nc1ccc(CC(=O)N2CCSCC2)cc1)c1ccccc1Cl. The van der Waals surface area contributed by atoms with E-state index in [-0.39, 0.29) is 18.0 Å². The molecule has 0 saturated carbocycles. The van der Waals surface area contributed by atoms with Crippen molar-refractivity contribution >= 4 is 41.0 Å². The van der Waals surface area contributed by atoms with Gasteiger partial charge in [0, 0.05) is 35.3 Å². The molecule has 1 atom stereocenters. The molecule has 148 valence electrons. The van der Waals surface area contributed by atoms with Crippen molar-refractivity contribution in [3.05, 3.63) is 64.7 Å². The van der Waals surface area contributed by atoms with Crippen LogP contribution in [-0.2, 0) is 11.2 Å². The van der Waals surface area contributed by atoms with Crippen molar-refractivity contribution in [1.82, 2.24) is 10.2 Å². The fraction of sp³-hybridized carbons (Fsp3) is 0.333. The lowest BCUT2D eigenvalue weighted by atomic mass is 10.1. The summed E-state index contributed by atoms with van der Waals surface area (Å²) in [5.41, 5.74) is 2.48. The van der Waals surface area contributed by atoms with Crippen molar-refractivity contribution < 1.29 is 9.59 Å². The van der Waals surface area contributed by atoms with Gasteiger partial charge >= 0.3 is 6.03 Å². The van der Waals surface area contributed by atoms with Gasteiger partial charge in [0.05, 0.1) is 12.5 Å². The van der Waals surface area contributed by atoms with E-state index in [1.165, 1.54) is 0 Å². The van der Waals surface area contributed by atoms with Crippen molar-refractivity contribution in [2.24, 2.45) is 0 Å². The normalized spacial score (nSPS) is 15.0. The number of urea groups is 1. The van der Waals surface area contributed by atoms with Crippen LogP contribution in [0.15, 0.2) is 48.5 Å². The molecular formula is C21H24ClN3O2S. The Morgan fingerprint density at radius 1 is 1.11 bits per heavy atom. The van der Waals surface area contributed by atoms with Gasteiger partial charge in [0.2, 0.25) is 5.91 Å². The Morgan fingerprint density at radius 2 is 1.79 bits per heavy atom. The minimum atomic E-state index is -0.304. The van der Waals surface area contributed by atoms with E-state index in [4.69, 9.17) is 11.6 Å². The third-order valence-electron chi connectivity index (χ3n) is 4.65. The van der Waals surface area contributed by atoms with Gasteiger partial charge in [-0.05, 0) is 36.2 Å². The fourth-order valence-corrected chi connectivity index (χ4v) is 4.28. The molecule has 0 spiro atoms. The second-order valence-electron chi connectivity index (χ2n) is 6.71. The molecule has 3 rings (SSSR count). The van der Waals surface area contributed by atoms with E-state index in [9.17, 15) is 9.59 Å². The third kappa shape index (κ3) is 5.66. The summed E-state index contributed by atoms with van der Waals surface area (Å²) >= 11 is 8.06. The van der Waals surface area contributed by atoms with Gasteiger partial charge in [0.15, 0.2) is 0 Å². The number of anilines is 1. The highest BCUT2D eigenvalue weighted by Crippen LogP contribution is 2.22. The molecule has 2 aromatic rings. The van der Waals surface area contributed by atoms with Gasteiger partial charge in [-0.25, -0.2) is 4.79 Å². The zero-order valence-corrected chi connectivity index (χ0v) is 17.4. The molecule has 2 N–H and O–H groups in total. The summed E-state index contributed by atoms with van der Waals surface area (Å²) in [4.78, 5) is 26.5. The number of carbonyl (C=O) groups excluding carboxylic acids is 2. The highest BCUT2D eigenvalue weighted by atomic mass is 35.5. The maximum atomic E-state index is 12.3. The van der Waals surface area contributed by atoms with Crippen molar-refractivity contribution in [3.8, 4) is 0 Å². The number of thioether (sulfide) groups is 1. The summed E-state index contributed by atoms with van der Waals surface area (Å²) in [6.07, 6.45) is 0.390. The van der Waals surface area contributed by atoms with E-state index < -0.39 is 0 Å². The first-order valence-corrected chi connectivity index (χ1v) is 10.8. The molecule has 0 aliphatic carbocycles. The van der Waals surface area contributed by atoms with Crippen LogP contribution in [0, 0.1) is 0 Å². The molecule has 7 heteroatoms. The van der Waals surface area contributed by atoms with Crippen LogP contribution in [0.5, 0.6) is 0 Å². The first-order valence-electron chi connectivity index (χ1n) is 9.29. The summed E-state index contributed by atoms with van der Waals surface area (Å²) in [6.45, 7) is 3.54. The quantitative estimate of drug-likeness (QED) is 0.760. The van der Waals surface area contributed by atoms with E-state index in [1.54, 1.807) is 6.07 Å². The number of nitrogens with zero attached hydrogens (tertiary/aromatic N) is 1. The zero-order valence-electron chi connectivity index (χ0n) is 15.8. The average molecular weight is 418 g/mol. The summed E-state index contributed by atoms with van der Waals surface area (Å²) < 4.78 is 0. The maximum absolute atomic E-state index is 12.3. The predicted octanol–water partition coefficient (Wildman–Crippen LogP) is 4.34. The molecule has 3 amide bonds. The molecule has 1 fully saturated rings. The van der Waals surface area contributed by atoms with Crippen molar-refractivity contribution in [1.29, 1.82) is 0 Å². The van der Waals surface area contributed by atoms with E-state index in [0.717, 1.165) is 35.7 Å². The topological polar surface area (TPSA) is 61.4 Å². The Morgan fingerprint density at radius 3 is 2.46 bits per heavy atom. The van der Waals surface area contributed by atoms with Crippen LogP contribution >= 0.6 is 23.4 Å². The Bertz CT molecular complexity index is 823. The largest absolute Gasteiger partial charge is 0.341 e. The average Bonchev–Trinajstić information content (AvgIpc) is 2.70. The minimum Gasteiger partial charge on any atom is -0.341 e. The van der Waals surface area contributed by atoms with Gasteiger partial charge < -0.3 is 15.5 Å². The van der Waals surface area contributed by atoms with Crippen LogP contribution in [-0.4, -0.2) is 41.4 Å². The third-order valence-corrected chi connectivity index (χ3v) is 5.94. The van der Waals surface area contributed by atoms with E-state index in [2.05, 4.69) is 10.6 Å². The molecule has 2 aromatic carbocycles. The van der Waals surface area contributed by atoms with E-state index >= 15 is 0 Å². The van der Waals surface area contributed by atoms with Crippen molar-refractivity contribution in [2.75, 3.05) is 29.9 Å². The molecule has 5 nitrogen and oxygen atoms in total. The minimum absolute atomic E-state index is 0.160. The fourth-order valence-electron chi connectivity index (χ4n) is 3.07. The maximum Gasteiger partial charge on any atom is 0.319 e. The van der Waals surface area contributed by atoms with Crippen LogP contribution < -0.4 is 10.6 Å². The van der Waals surface area contributed by atoms with Gasteiger partial charge in [0.25, 0.3) is 0 Å². The lowest BCUT2D eigenvalue weighted by Gasteiger charge is -2.26. The molecule has 1 saturated heterocycles. The molecule has 28 heavy (non-hydrogen) atoms. The highest BCUT2D eigenvalue weighted by molar-refractivity contribution is 7.99. The second kappa shape index (κ2) is 9.85. The number of amides is 3. The number of halogens is 1. The van der Waals surface area contributed by atoms with Crippen LogP contribution in [0.1, 0.15) is 24.1 Å². The van der Waals surface area contributed by atoms with Crippen molar-refractivity contribution in [2.45, 2.75) is 19.4 Å². The number of rotatable bonds is 5. The van der Waals surface area contributed by atoms with Crippen LogP contribution in [0.4, 0.5) is 10.5 Å². The summed E-state index contributed by atoms with van der Waals surface area (Å²) in [5.74, 6) is 2.18. The van der Waals surface area contributed by atoms with E-state index in [1.807, 2.05) is 66.1 Å². The number of carbonyl (C=O) groups is 2. The molecule has 0 bridgehead atoms. The first kappa shape index (κ1) is 20.6. The van der Waals surface area contributed by atoms with Crippen molar-refractivity contribution in [3.63, 3.8) is 0 Å². The first-order chi connectivity index (χ1) is 13.5. The molecule has 1 unspecified atom stereocenters. The Kier molecular flexibility index (Phi) is 7.23. The van der Waals surface area contributed by atoms with Crippen LogP contribution in [0.2, 0.25) is 5.02 Å². The van der Waals surface area contributed by atoms with Crippen LogP contribution in [0.3, 0.4) is 0 Å². The monoisotopic (exact) mass is 417 g/mol. The Labute approximate surface area is 174 Å². The number of hydrogen-bond donors (Lipinski definition) is 2. The summed E-state index contributed by atoms with van der Waals surface area (Å²) in [5, 5.41) is 6.31. The molecule has 0 aromatic heterocycles.